The smallest absolute Gasteiger partial charge is 0.0153 e. The van der Waals surface area contributed by atoms with Gasteiger partial charge < -0.3 is 4.90 Å². The molecule has 0 spiro atoms. The highest BCUT2D eigenvalue weighted by Gasteiger charge is 2.23. The first-order valence-corrected chi connectivity index (χ1v) is 14.0. The molecular formula is C28H60N2. The summed E-state index contributed by atoms with van der Waals surface area (Å²) < 4.78 is 0. The van der Waals surface area contributed by atoms with Crippen LogP contribution in [0.15, 0.2) is 0 Å². The lowest BCUT2D eigenvalue weighted by Crippen LogP contribution is -2.43. The average Bonchev–Trinajstić information content (AvgIpc) is 2.73. The molecular weight excluding hydrogens is 364 g/mol. The summed E-state index contributed by atoms with van der Waals surface area (Å²) in [4.78, 5) is 5.16. The van der Waals surface area contributed by atoms with E-state index in [1.54, 1.807) is 0 Å². The lowest BCUT2D eigenvalue weighted by molar-refractivity contribution is 0.122. The van der Waals surface area contributed by atoms with Crippen molar-refractivity contribution in [3.05, 3.63) is 0 Å². The molecule has 0 heterocycles. The molecule has 0 saturated heterocycles. The molecule has 0 aromatic heterocycles. The van der Waals surface area contributed by atoms with Crippen molar-refractivity contribution in [2.75, 3.05) is 32.7 Å². The normalized spacial score (nSPS) is 12.4. The zero-order valence-corrected chi connectivity index (χ0v) is 22.2. The first-order valence-electron chi connectivity index (χ1n) is 14.0. The third kappa shape index (κ3) is 16.6. The van der Waals surface area contributed by atoms with Crippen molar-refractivity contribution in [1.82, 2.24) is 9.80 Å². The molecule has 2 nitrogen and oxygen atoms in total. The van der Waals surface area contributed by atoms with E-state index < -0.39 is 0 Å². The minimum Gasteiger partial charge on any atom is -0.304 e. The molecule has 0 rings (SSSR count). The Labute approximate surface area is 192 Å². The van der Waals surface area contributed by atoms with E-state index in [4.69, 9.17) is 0 Å². The summed E-state index contributed by atoms with van der Waals surface area (Å²) in [6.07, 6.45) is 23.1. The number of hydrogen-bond donors (Lipinski definition) is 0. The van der Waals surface area contributed by atoms with Gasteiger partial charge in [-0.15, -0.1) is 0 Å². The van der Waals surface area contributed by atoms with Crippen LogP contribution in [0, 0.1) is 0 Å². The van der Waals surface area contributed by atoms with Gasteiger partial charge >= 0.3 is 0 Å². The third-order valence-corrected chi connectivity index (χ3v) is 7.28. The van der Waals surface area contributed by atoms with Crippen molar-refractivity contribution in [3.63, 3.8) is 0 Å². The minimum absolute atomic E-state index is 0.384. The van der Waals surface area contributed by atoms with Gasteiger partial charge in [-0.05, 0) is 59.4 Å². The molecule has 0 atom stereocenters. The second kappa shape index (κ2) is 20.8. The molecule has 0 amide bonds. The highest BCUT2D eigenvalue weighted by atomic mass is 15.2. The van der Waals surface area contributed by atoms with Crippen LogP contribution in [0.4, 0.5) is 0 Å². The van der Waals surface area contributed by atoms with Gasteiger partial charge in [0.15, 0.2) is 0 Å². The molecule has 0 aliphatic heterocycles. The summed E-state index contributed by atoms with van der Waals surface area (Å²) in [7, 11) is 0. The largest absolute Gasteiger partial charge is 0.304 e. The van der Waals surface area contributed by atoms with Crippen LogP contribution in [0.5, 0.6) is 0 Å². The first kappa shape index (κ1) is 29.9. The van der Waals surface area contributed by atoms with E-state index in [0.717, 1.165) is 0 Å². The van der Waals surface area contributed by atoms with Crippen molar-refractivity contribution in [3.8, 4) is 0 Å². The summed E-state index contributed by atoms with van der Waals surface area (Å²) in [6.45, 7) is 20.1. The molecule has 0 N–H and O–H groups in total. The van der Waals surface area contributed by atoms with E-state index in [1.165, 1.54) is 135 Å². The number of nitrogens with zero attached hydrogens (tertiary/aromatic N) is 2. The van der Waals surface area contributed by atoms with Gasteiger partial charge in [-0.1, -0.05) is 118 Å². The number of hydrogen-bond acceptors (Lipinski definition) is 2. The van der Waals surface area contributed by atoms with Crippen LogP contribution in [0.1, 0.15) is 144 Å². The fourth-order valence-corrected chi connectivity index (χ4v) is 4.97. The van der Waals surface area contributed by atoms with Gasteiger partial charge in [0.05, 0.1) is 0 Å². The third-order valence-electron chi connectivity index (χ3n) is 7.28. The zero-order valence-electron chi connectivity index (χ0n) is 22.2. The van der Waals surface area contributed by atoms with E-state index in [9.17, 15) is 0 Å². The van der Waals surface area contributed by atoms with E-state index in [1.807, 2.05) is 0 Å². The summed E-state index contributed by atoms with van der Waals surface area (Å²) in [5, 5.41) is 0. The molecule has 30 heavy (non-hydrogen) atoms. The Hall–Kier alpha value is -0.0800. The van der Waals surface area contributed by atoms with Crippen LogP contribution >= 0.6 is 0 Å². The molecule has 0 aromatic rings. The highest BCUT2D eigenvalue weighted by molar-refractivity contribution is 4.79. The van der Waals surface area contributed by atoms with Gasteiger partial charge in [-0.3, -0.25) is 4.90 Å². The average molecular weight is 425 g/mol. The minimum atomic E-state index is 0.384. The molecule has 0 saturated carbocycles. The summed E-state index contributed by atoms with van der Waals surface area (Å²) in [6, 6.07) is 0. The Kier molecular flexibility index (Phi) is 20.7. The first-order chi connectivity index (χ1) is 14.5. The standard InChI is InChI=1S/C28H60N2/c1-7-29(8-2)27-25-23-21-19-17-15-13-11-12-14-16-18-20-22-24-26-28(5,6)30(9-3)10-4/h7-27H2,1-6H3. The topological polar surface area (TPSA) is 6.48 Å². The molecule has 0 aromatic carbocycles. The summed E-state index contributed by atoms with van der Waals surface area (Å²) in [5.41, 5.74) is 0.384. The SMILES string of the molecule is CCN(CC)CCCCCCCCCCCCCCCCCC(C)(C)N(CC)CC. The molecule has 0 unspecified atom stereocenters. The van der Waals surface area contributed by atoms with Crippen molar-refractivity contribution >= 4 is 0 Å². The van der Waals surface area contributed by atoms with Gasteiger partial charge in [-0.2, -0.15) is 0 Å². The maximum absolute atomic E-state index is 2.61. The summed E-state index contributed by atoms with van der Waals surface area (Å²) >= 11 is 0. The van der Waals surface area contributed by atoms with Gasteiger partial charge in [0.2, 0.25) is 0 Å². The van der Waals surface area contributed by atoms with E-state index >= 15 is 0 Å². The number of unbranched alkanes of at least 4 members (excludes halogenated alkanes) is 14. The van der Waals surface area contributed by atoms with Crippen molar-refractivity contribution in [2.45, 2.75) is 150 Å². The van der Waals surface area contributed by atoms with E-state index in [2.05, 4.69) is 51.3 Å². The van der Waals surface area contributed by atoms with E-state index in [-0.39, 0.29) is 0 Å². The molecule has 0 radical (unpaired) electrons. The van der Waals surface area contributed by atoms with Crippen molar-refractivity contribution < 1.29 is 0 Å². The van der Waals surface area contributed by atoms with Crippen molar-refractivity contribution in [2.24, 2.45) is 0 Å². The molecule has 0 aliphatic carbocycles. The Morgan fingerprint density at radius 1 is 0.433 bits per heavy atom. The summed E-state index contributed by atoms with van der Waals surface area (Å²) in [5.74, 6) is 0. The number of rotatable bonds is 23. The predicted octanol–water partition coefficient (Wildman–Crippen LogP) is 8.69. The van der Waals surface area contributed by atoms with Crippen LogP contribution in [0.25, 0.3) is 0 Å². The van der Waals surface area contributed by atoms with Crippen LogP contribution in [-0.4, -0.2) is 48.1 Å². The van der Waals surface area contributed by atoms with Gasteiger partial charge in [0.1, 0.15) is 0 Å². The second-order valence-electron chi connectivity index (χ2n) is 10.1. The van der Waals surface area contributed by atoms with Gasteiger partial charge in [-0.25, -0.2) is 0 Å². The van der Waals surface area contributed by atoms with Crippen LogP contribution in [-0.2, 0) is 0 Å². The maximum Gasteiger partial charge on any atom is 0.0153 e. The Morgan fingerprint density at radius 2 is 0.767 bits per heavy atom. The second-order valence-corrected chi connectivity index (χ2v) is 10.1. The van der Waals surface area contributed by atoms with Gasteiger partial charge in [0.25, 0.3) is 0 Å². The quantitative estimate of drug-likeness (QED) is 0.151. The Morgan fingerprint density at radius 3 is 1.10 bits per heavy atom. The Balaban J connectivity index is 3.28. The maximum atomic E-state index is 2.61. The monoisotopic (exact) mass is 424 g/mol. The fourth-order valence-electron chi connectivity index (χ4n) is 4.97. The highest BCUT2D eigenvalue weighted by Crippen LogP contribution is 2.22. The molecule has 2 heteroatoms. The fraction of sp³-hybridized carbons (Fsp3) is 1.00. The predicted molar refractivity (Wildman–Crippen MR) is 139 cm³/mol. The van der Waals surface area contributed by atoms with Gasteiger partial charge in [0, 0.05) is 5.54 Å². The molecule has 0 bridgehead atoms. The Bertz CT molecular complexity index is 332. The van der Waals surface area contributed by atoms with Crippen LogP contribution in [0.3, 0.4) is 0 Å². The lowest BCUT2D eigenvalue weighted by Gasteiger charge is -2.37. The van der Waals surface area contributed by atoms with E-state index in [0.29, 0.717) is 5.54 Å². The molecule has 182 valence electrons. The molecule has 0 aliphatic rings. The zero-order chi connectivity index (χ0) is 22.5. The van der Waals surface area contributed by atoms with Crippen LogP contribution < -0.4 is 0 Å². The van der Waals surface area contributed by atoms with Crippen LogP contribution in [0.2, 0.25) is 0 Å². The lowest BCUT2D eigenvalue weighted by atomic mass is 9.94. The van der Waals surface area contributed by atoms with Crippen molar-refractivity contribution in [1.29, 1.82) is 0 Å². The molecule has 0 fully saturated rings.